The highest BCUT2D eigenvalue weighted by Crippen LogP contribution is 2.19. The van der Waals surface area contributed by atoms with Crippen molar-refractivity contribution in [2.75, 3.05) is 0 Å². The summed E-state index contributed by atoms with van der Waals surface area (Å²) in [6.45, 7) is 4.52. The van der Waals surface area contributed by atoms with Crippen LogP contribution in [0.2, 0.25) is 0 Å². The first kappa shape index (κ1) is 44.4. The molecule has 0 aromatic rings. The van der Waals surface area contributed by atoms with Crippen molar-refractivity contribution in [3.8, 4) is 0 Å². The molecule has 0 saturated carbocycles. The minimum Gasteiger partial charge on any atom is -0.481 e. The highest BCUT2D eigenvalue weighted by Gasteiger charge is 2.14. The van der Waals surface area contributed by atoms with Crippen LogP contribution in [0.4, 0.5) is 0 Å². The number of unbranched alkanes of at least 4 members (excludes halogenated alkanes) is 24. The standard InChI is InChI=1S/C42H78O4/c1-3-5-7-9-11-12-13-14-15-16-21-24-27-31-35-39-42(45)46-40(36-32-28-10-8-6-4-2)37-33-29-25-22-19-17-18-20-23-26-30-34-38-41(43)44/h11-12,14-15,40H,3-10,13,16-39H2,1-2H3,(H,43,44)/b12-11-,15-14-. The molecule has 0 aliphatic carbocycles. The van der Waals surface area contributed by atoms with E-state index >= 15 is 0 Å². The summed E-state index contributed by atoms with van der Waals surface area (Å²) in [5, 5.41) is 8.69. The Morgan fingerprint density at radius 2 is 0.848 bits per heavy atom. The lowest BCUT2D eigenvalue weighted by molar-refractivity contribution is -0.150. The third kappa shape index (κ3) is 36.9. The molecule has 0 spiro atoms. The first-order chi connectivity index (χ1) is 22.6. The number of carboxylic acid groups (broad SMARTS) is 1. The monoisotopic (exact) mass is 647 g/mol. The molecule has 1 atom stereocenters. The van der Waals surface area contributed by atoms with Crippen molar-refractivity contribution in [3.05, 3.63) is 24.3 Å². The predicted octanol–water partition coefficient (Wildman–Crippen LogP) is 14.0. The summed E-state index contributed by atoms with van der Waals surface area (Å²) in [6.07, 6.45) is 47.8. The van der Waals surface area contributed by atoms with Gasteiger partial charge >= 0.3 is 11.9 Å². The molecule has 0 bridgehead atoms. The molecule has 0 radical (unpaired) electrons. The molecule has 4 nitrogen and oxygen atoms in total. The van der Waals surface area contributed by atoms with E-state index in [2.05, 4.69) is 38.2 Å². The molecular weight excluding hydrogens is 568 g/mol. The number of carbonyl (C=O) groups is 2. The van der Waals surface area contributed by atoms with Gasteiger partial charge in [0, 0.05) is 12.8 Å². The fraction of sp³-hybridized carbons (Fsp3) is 0.857. The number of esters is 1. The predicted molar refractivity (Wildman–Crippen MR) is 200 cm³/mol. The topological polar surface area (TPSA) is 63.6 Å². The second-order valence-corrected chi connectivity index (χ2v) is 13.8. The highest BCUT2D eigenvalue weighted by atomic mass is 16.5. The van der Waals surface area contributed by atoms with Crippen LogP contribution in [0, 0.1) is 0 Å². The fourth-order valence-electron chi connectivity index (χ4n) is 6.16. The lowest BCUT2D eigenvalue weighted by Gasteiger charge is -2.18. The normalized spacial score (nSPS) is 12.4. The first-order valence-corrected chi connectivity index (χ1v) is 20.3. The van der Waals surface area contributed by atoms with E-state index in [4.69, 9.17) is 9.84 Å². The van der Waals surface area contributed by atoms with Crippen LogP contribution in [0.25, 0.3) is 0 Å². The maximum atomic E-state index is 12.7. The van der Waals surface area contributed by atoms with E-state index in [0.29, 0.717) is 12.8 Å². The quantitative estimate of drug-likeness (QED) is 0.0414. The van der Waals surface area contributed by atoms with Gasteiger partial charge in [-0.2, -0.15) is 0 Å². The van der Waals surface area contributed by atoms with Crippen molar-refractivity contribution >= 4 is 11.9 Å². The van der Waals surface area contributed by atoms with Crippen LogP contribution in [0.1, 0.15) is 226 Å². The molecule has 0 heterocycles. The van der Waals surface area contributed by atoms with E-state index in [9.17, 15) is 9.59 Å². The van der Waals surface area contributed by atoms with Crippen LogP contribution in [0.3, 0.4) is 0 Å². The Kier molecular flexibility index (Phi) is 36.6. The molecule has 1 N–H and O–H groups in total. The molecule has 0 saturated heterocycles. The Balaban J connectivity index is 3.95. The summed E-state index contributed by atoms with van der Waals surface area (Å²) >= 11 is 0. The van der Waals surface area contributed by atoms with Gasteiger partial charge in [-0.25, -0.2) is 0 Å². The second-order valence-electron chi connectivity index (χ2n) is 13.8. The van der Waals surface area contributed by atoms with Crippen molar-refractivity contribution in [2.24, 2.45) is 0 Å². The summed E-state index contributed by atoms with van der Waals surface area (Å²) < 4.78 is 6.03. The molecule has 1 unspecified atom stereocenters. The molecule has 0 aliphatic rings. The largest absolute Gasteiger partial charge is 0.481 e. The van der Waals surface area contributed by atoms with Gasteiger partial charge in [-0.1, -0.05) is 167 Å². The lowest BCUT2D eigenvalue weighted by atomic mass is 10.0. The van der Waals surface area contributed by atoms with Crippen molar-refractivity contribution in [2.45, 2.75) is 232 Å². The molecule has 0 aromatic carbocycles. The van der Waals surface area contributed by atoms with Gasteiger partial charge in [0.15, 0.2) is 0 Å². The molecule has 4 heteroatoms. The summed E-state index contributed by atoms with van der Waals surface area (Å²) in [5.41, 5.74) is 0. The van der Waals surface area contributed by atoms with E-state index in [1.54, 1.807) is 0 Å². The third-order valence-electron chi connectivity index (χ3n) is 9.18. The van der Waals surface area contributed by atoms with Gasteiger partial charge in [0.05, 0.1) is 0 Å². The molecular formula is C42H78O4. The van der Waals surface area contributed by atoms with E-state index in [1.165, 1.54) is 154 Å². The van der Waals surface area contributed by atoms with Gasteiger partial charge in [-0.3, -0.25) is 9.59 Å². The van der Waals surface area contributed by atoms with Crippen LogP contribution >= 0.6 is 0 Å². The van der Waals surface area contributed by atoms with Gasteiger partial charge in [-0.05, 0) is 70.6 Å². The molecule has 270 valence electrons. The van der Waals surface area contributed by atoms with Crippen LogP contribution in [0.15, 0.2) is 24.3 Å². The van der Waals surface area contributed by atoms with Crippen molar-refractivity contribution in [1.29, 1.82) is 0 Å². The molecule has 0 aliphatic heterocycles. The highest BCUT2D eigenvalue weighted by molar-refractivity contribution is 5.69. The zero-order valence-electron chi connectivity index (χ0n) is 30.9. The molecule has 0 fully saturated rings. The number of ether oxygens (including phenoxy) is 1. The molecule has 0 aromatic heterocycles. The Labute approximate surface area is 287 Å². The number of allylic oxidation sites excluding steroid dienone is 4. The maximum Gasteiger partial charge on any atom is 0.306 e. The van der Waals surface area contributed by atoms with E-state index in [0.717, 1.165) is 44.9 Å². The van der Waals surface area contributed by atoms with Crippen molar-refractivity contribution in [3.63, 3.8) is 0 Å². The summed E-state index contributed by atoms with van der Waals surface area (Å²) in [6, 6.07) is 0. The number of carboxylic acids is 1. The summed E-state index contributed by atoms with van der Waals surface area (Å²) in [7, 11) is 0. The zero-order valence-corrected chi connectivity index (χ0v) is 30.9. The summed E-state index contributed by atoms with van der Waals surface area (Å²) in [4.78, 5) is 23.2. The molecule has 0 amide bonds. The fourth-order valence-corrected chi connectivity index (χ4v) is 6.16. The minimum absolute atomic E-state index is 0.0311. The van der Waals surface area contributed by atoms with Crippen molar-refractivity contribution in [1.82, 2.24) is 0 Å². The number of hydrogen-bond donors (Lipinski definition) is 1. The van der Waals surface area contributed by atoms with Gasteiger partial charge < -0.3 is 9.84 Å². The van der Waals surface area contributed by atoms with Gasteiger partial charge in [0.25, 0.3) is 0 Å². The Morgan fingerprint density at radius 3 is 1.33 bits per heavy atom. The van der Waals surface area contributed by atoms with E-state index < -0.39 is 5.97 Å². The van der Waals surface area contributed by atoms with Gasteiger partial charge in [0.1, 0.15) is 6.10 Å². The van der Waals surface area contributed by atoms with Crippen LogP contribution in [-0.4, -0.2) is 23.1 Å². The number of rotatable bonds is 37. The van der Waals surface area contributed by atoms with Crippen LogP contribution in [0.5, 0.6) is 0 Å². The lowest BCUT2D eigenvalue weighted by Crippen LogP contribution is -2.18. The van der Waals surface area contributed by atoms with Crippen LogP contribution in [-0.2, 0) is 14.3 Å². The SMILES string of the molecule is CCCCC/C=C\C/C=C\CCCCCCCC(=O)OC(CCCCCCCC)CCCCCCCCCCCCCCC(=O)O. The van der Waals surface area contributed by atoms with Crippen LogP contribution < -0.4 is 0 Å². The van der Waals surface area contributed by atoms with E-state index in [1.807, 2.05) is 0 Å². The second kappa shape index (κ2) is 37.9. The van der Waals surface area contributed by atoms with Crippen molar-refractivity contribution < 1.29 is 19.4 Å². The third-order valence-corrected chi connectivity index (χ3v) is 9.18. The average Bonchev–Trinajstić information content (AvgIpc) is 3.04. The van der Waals surface area contributed by atoms with Gasteiger partial charge in [-0.15, -0.1) is 0 Å². The zero-order chi connectivity index (χ0) is 33.6. The smallest absolute Gasteiger partial charge is 0.306 e. The number of hydrogen-bond acceptors (Lipinski definition) is 3. The number of carbonyl (C=O) groups excluding carboxylic acids is 1. The number of aliphatic carboxylic acids is 1. The molecule has 0 rings (SSSR count). The minimum atomic E-state index is -0.669. The summed E-state index contributed by atoms with van der Waals surface area (Å²) in [5.74, 6) is -0.638. The maximum absolute atomic E-state index is 12.7. The Bertz CT molecular complexity index is 698. The average molecular weight is 647 g/mol. The van der Waals surface area contributed by atoms with E-state index in [-0.39, 0.29) is 12.1 Å². The molecule has 46 heavy (non-hydrogen) atoms. The van der Waals surface area contributed by atoms with Gasteiger partial charge in [0.2, 0.25) is 0 Å². The Hall–Kier alpha value is -1.58. The first-order valence-electron chi connectivity index (χ1n) is 20.3. The Morgan fingerprint density at radius 1 is 0.478 bits per heavy atom.